The summed E-state index contributed by atoms with van der Waals surface area (Å²) >= 11 is 0. The first-order valence-electron chi connectivity index (χ1n) is 7.15. The van der Waals surface area contributed by atoms with Gasteiger partial charge in [0.05, 0.1) is 0 Å². The fourth-order valence-electron chi connectivity index (χ4n) is 2.60. The smallest absolute Gasteiger partial charge is 0.296 e. The summed E-state index contributed by atoms with van der Waals surface area (Å²) in [6.07, 6.45) is 6.18. The molecule has 2 rings (SSSR count). The number of nitrogens with two attached hydrogens (primary N) is 1. The molecule has 1 aliphatic heterocycles. The second-order valence-corrected chi connectivity index (χ2v) is 6.65. The lowest BCUT2D eigenvalue weighted by molar-refractivity contribution is 0.289. The quantitative estimate of drug-likeness (QED) is 0.876. The van der Waals surface area contributed by atoms with Gasteiger partial charge < -0.3 is 4.90 Å². The van der Waals surface area contributed by atoms with Gasteiger partial charge in [-0.2, -0.15) is 8.42 Å². The molecule has 0 aliphatic carbocycles. The van der Waals surface area contributed by atoms with Crippen LogP contribution in [0.25, 0.3) is 0 Å². The Morgan fingerprint density at radius 3 is 2.43 bits per heavy atom. The third-order valence-corrected chi connectivity index (χ3v) is 4.12. The molecule has 0 bridgehead atoms. The summed E-state index contributed by atoms with van der Waals surface area (Å²) in [5, 5.41) is 4.98. The number of rotatable bonds is 5. The summed E-state index contributed by atoms with van der Waals surface area (Å²) < 4.78 is 24.3. The van der Waals surface area contributed by atoms with Gasteiger partial charge in [-0.3, -0.25) is 4.72 Å². The number of anilines is 1. The molecule has 0 amide bonds. The standard InChI is InChI=1S/C14H23N3O2S.CH4/c15-20(18,19)16-14-7-5-6-13(12-14)8-11-17-9-3-1-2-4-10-17;/h5-7,12,16H,1-4,8-11H2,(H2,15,18,19);1H4. The molecule has 1 heterocycles. The van der Waals surface area contributed by atoms with Crippen LogP contribution in [0.4, 0.5) is 5.69 Å². The maximum atomic E-state index is 11.0. The van der Waals surface area contributed by atoms with E-state index in [2.05, 4.69) is 9.62 Å². The van der Waals surface area contributed by atoms with Crippen molar-refractivity contribution in [3.8, 4) is 0 Å². The van der Waals surface area contributed by atoms with E-state index in [1.54, 1.807) is 6.07 Å². The van der Waals surface area contributed by atoms with Crippen LogP contribution in [-0.4, -0.2) is 33.0 Å². The molecule has 6 heteroatoms. The predicted molar refractivity (Wildman–Crippen MR) is 88.5 cm³/mol. The minimum Gasteiger partial charge on any atom is -0.303 e. The summed E-state index contributed by atoms with van der Waals surface area (Å²) in [4.78, 5) is 2.49. The van der Waals surface area contributed by atoms with Gasteiger partial charge in [0, 0.05) is 12.2 Å². The first kappa shape index (κ1) is 17.9. The second-order valence-electron chi connectivity index (χ2n) is 5.35. The summed E-state index contributed by atoms with van der Waals surface area (Å²) in [7, 11) is -3.69. The third kappa shape index (κ3) is 6.93. The first-order chi connectivity index (χ1) is 9.53. The van der Waals surface area contributed by atoms with Gasteiger partial charge in [-0.15, -0.1) is 0 Å². The lowest BCUT2D eigenvalue weighted by atomic mass is 10.1. The highest BCUT2D eigenvalue weighted by molar-refractivity contribution is 7.90. The van der Waals surface area contributed by atoms with E-state index in [4.69, 9.17) is 5.14 Å². The van der Waals surface area contributed by atoms with Gasteiger partial charge in [-0.05, 0) is 50.0 Å². The van der Waals surface area contributed by atoms with Crippen molar-refractivity contribution in [2.24, 2.45) is 5.14 Å². The average molecular weight is 313 g/mol. The van der Waals surface area contributed by atoms with E-state index in [0.29, 0.717) is 5.69 Å². The molecule has 1 aromatic rings. The minimum absolute atomic E-state index is 0. The highest BCUT2D eigenvalue weighted by atomic mass is 32.2. The van der Waals surface area contributed by atoms with Crippen molar-refractivity contribution >= 4 is 15.9 Å². The highest BCUT2D eigenvalue weighted by Crippen LogP contribution is 2.14. The molecular weight excluding hydrogens is 286 g/mol. The summed E-state index contributed by atoms with van der Waals surface area (Å²) in [5.74, 6) is 0. The molecule has 0 spiro atoms. The molecule has 0 aromatic heterocycles. The van der Waals surface area contributed by atoms with E-state index in [1.807, 2.05) is 18.2 Å². The van der Waals surface area contributed by atoms with Gasteiger partial charge in [-0.25, -0.2) is 5.14 Å². The van der Waals surface area contributed by atoms with E-state index in [0.717, 1.165) is 18.5 Å². The number of nitrogens with one attached hydrogen (secondary N) is 1. The summed E-state index contributed by atoms with van der Waals surface area (Å²) in [6, 6.07) is 7.43. The largest absolute Gasteiger partial charge is 0.303 e. The Kier molecular flexibility index (Phi) is 7.14. The van der Waals surface area contributed by atoms with E-state index in [1.165, 1.54) is 38.8 Å². The van der Waals surface area contributed by atoms with Crippen molar-refractivity contribution in [3.63, 3.8) is 0 Å². The van der Waals surface area contributed by atoms with Crippen LogP contribution < -0.4 is 9.86 Å². The van der Waals surface area contributed by atoms with E-state index >= 15 is 0 Å². The maximum Gasteiger partial charge on any atom is 0.296 e. The predicted octanol–water partition coefficient (Wildman–Crippen LogP) is 2.36. The third-order valence-electron chi connectivity index (χ3n) is 3.60. The molecule has 21 heavy (non-hydrogen) atoms. The van der Waals surface area contributed by atoms with Gasteiger partial charge in [0.1, 0.15) is 0 Å². The molecule has 120 valence electrons. The van der Waals surface area contributed by atoms with Crippen LogP contribution in [0.5, 0.6) is 0 Å². The van der Waals surface area contributed by atoms with Crippen molar-refractivity contribution in [1.29, 1.82) is 0 Å². The molecule has 0 atom stereocenters. The van der Waals surface area contributed by atoms with E-state index in [-0.39, 0.29) is 7.43 Å². The molecule has 1 aliphatic rings. The summed E-state index contributed by atoms with van der Waals surface area (Å²) in [6.45, 7) is 3.38. The van der Waals surface area contributed by atoms with Crippen LogP contribution in [0.3, 0.4) is 0 Å². The van der Waals surface area contributed by atoms with Gasteiger partial charge in [0.15, 0.2) is 0 Å². The Morgan fingerprint density at radius 2 is 1.81 bits per heavy atom. The van der Waals surface area contributed by atoms with Gasteiger partial charge >= 0.3 is 0 Å². The number of likely N-dealkylation sites (tertiary alicyclic amines) is 1. The van der Waals surface area contributed by atoms with Crippen LogP contribution in [0.1, 0.15) is 38.7 Å². The lowest BCUT2D eigenvalue weighted by Gasteiger charge is -2.19. The number of hydrogen-bond acceptors (Lipinski definition) is 3. The molecular formula is C15H27N3O2S. The Morgan fingerprint density at radius 1 is 1.14 bits per heavy atom. The van der Waals surface area contributed by atoms with Crippen molar-refractivity contribution in [2.45, 2.75) is 39.5 Å². The highest BCUT2D eigenvalue weighted by Gasteiger charge is 2.09. The Bertz CT molecular complexity index is 523. The molecule has 1 fully saturated rings. The molecule has 0 unspecified atom stereocenters. The zero-order chi connectivity index (χ0) is 14.4. The fraction of sp³-hybridized carbons (Fsp3) is 0.600. The lowest BCUT2D eigenvalue weighted by Crippen LogP contribution is -2.27. The van der Waals surface area contributed by atoms with Crippen LogP contribution in [0, 0.1) is 0 Å². The monoisotopic (exact) mass is 313 g/mol. The second kappa shape index (κ2) is 8.36. The fourth-order valence-corrected chi connectivity index (χ4v) is 3.06. The zero-order valence-electron chi connectivity index (χ0n) is 11.7. The van der Waals surface area contributed by atoms with Gasteiger partial charge in [-0.1, -0.05) is 32.4 Å². The maximum absolute atomic E-state index is 11.0. The Balaban J connectivity index is 0.00000220. The minimum atomic E-state index is -3.69. The SMILES string of the molecule is C.NS(=O)(=O)Nc1cccc(CCN2CCCCCC2)c1. The van der Waals surface area contributed by atoms with Crippen LogP contribution in [0.2, 0.25) is 0 Å². The normalized spacial score (nSPS) is 16.8. The zero-order valence-corrected chi connectivity index (χ0v) is 12.5. The Labute approximate surface area is 128 Å². The first-order valence-corrected chi connectivity index (χ1v) is 8.69. The van der Waals surface area contributed by atoms with Crippen LogP contribution >= 0.6 is 0 Å². The average Bonchev–Trinajstić information content (AvgIpc) is 2.63. The molecule has 3 N–H and O–H groups in total. The van der Waals surface area contributed by atoms with Crippen LogP contribution in [0.15, 0.2) is 24.3 Å². The molecule has 0 saturated carbocycles. The van der Waals surface area contributed by atoms with Gasteiger partial charge in [0.2, 0.25) is 0 Å². The van der Waals surface area contributed by atoms with Crippen molar-refractivity contribution in [1.82, 2.24) is 4.90 Å². The number of hydrogen-bond donors (Lipinski definition) is 2. The van der Waals surface area contributed by atoms with E-state index < -0.39 is 10.2 Å². The van der Waals surface area contributed by atoms with Gasteiger partial charge in [0.25, 0.3) is 10.2 Å². The number of nitrogens with zero attached hydrogens (tertiary/aromatic N) is 1. The summed E-state index contributed by atoms with van der Waals surface area (Å²) in [5.41, 5.74) is 1.66. The molecule has 1 aromatic carbocycles. The van der Waals surface area contributed by atoms with E-state index in [9.17, 15) is 8.42 Å². The van der Waals surface area contributed by atoms with Crippen LogP contribution in [-0.2, 0) is 16.6 Å². The topological polar surface area (TPSA) is 75.4 Å². The molecule has 0 radical (unpaired) electrons. The molecule has 5 nitrogen and oxygen atoms in total. The van der Waals surface area contributed by atoms with Crippen molar-refractivity contribution in [3.05, 3.63) is 29.8 Å². The number of benzene rings is 1. The van der Waals surface area contributed by atoms with Crippen molar-refractivity contribution in [2.75, 3.05) is 24.4 Å². The Hall–Kier alpha value is -1.11. The molecule has 1 saturated heterocycles. The van der Waals surface area contributed by atoms with Crippen molar-refractivity contribution < 1.29 is 8.42 Å².